The molecule has 0 bridgehead atoms. The van der Waals surface area contributed by atoms with Crippen molar-refractivity contribution < 1.29 is 0 Å². The Bertz CT molecular complexity index is 667. The van der Waals surface area contributed by atoms with Crippen molar-refractivity contribution >= 4 is 23.5 Å². The molecule has 0 saturated heterocycles. The van der Waals surface area contributed by atoms with Crippen molar-refractivity contribution in [1.82, 2.24) is 5.43 Å². The predicted octanol–water partition coefficient (Wildman–Crippen LogP) is 2.39. The fourth-order valence-corrected chi connectivity index (χ4v) is 1.72. The summed E-state index contributed by atoms with van der Waals surface area (Å²) in [6.07, 6.45) is 1.64. The van der Waals surface area contributed by atoms with Gasteiger partial charge in [-0.2, -0.15) is 10.4 Å². The lowest BCUT2D eigenvalue weighted by Crippen LogP contribution is -2.23. The van der Waals surface area contributed by atoms with E-state index in [2.05, 4.69) is 28.8 Å². The fourth-order valence-electron chi connectivity index (χ4n) is 1.67. The van der Waals surface area contributed by atoms with E-state index < -0.39 is 0 Å². The van der Waals surface area contributed by atoms with Gasteiger partial charge in [-0.05, 0) is 41.0 Å². The standard InChI is InChI=1S/C15H12N4S/c16-9-11-1-5-13(6-2-11)14-7-3-12(4-8-14)10-18-19-15(17)20/h1-8,10H,(H3,17,19,20). The minimum absolute atomic E-state index is 0.135. The molecular weight excluding hydrogens is 268 g/mol. The molecule has 2 aromatic carbocycles. The normalized spacial score (nSPS) is 10.2. The van der Waals surface area contributed by atoms with Crippen LogP contribution in [0.15, 0.2) is 53.6 Å². The summed E-state index contributed by atoms with van der Waals surface area (Å²) in [4.78, 5) is 0. The van der Waals surface area contributed by atoms with Gasteiger partial charge in [0.25, 0.3) is 0 Å². The topological polar surface area (TPSA) is 74.2 Å². The van der Waals surface area contributed by atoms with Gasteiger partial charge in [-0.25, -0.2) is 0 Å². The van der Waals surface area contributed by atoms with E-state index in [1.807, 2.05) is 36.4 Å². The zero-order valence-electron chi connectivity index (χ0n) is 10.6. The zero-order valence-corrected chi connectivity index (χ0v) is 11.4. The molecule has 0 spiro atoms. The number of rotatable bonds is 3. The lowest BCUT2D eigenvalue weighted by Gasteiger charge is -2.02. The van der Waals surface area contributed by atoms with Crippen LogP contribution in [0.1, 0.15) is 11.1 Å². The largest absolute Gasteiger partial charge is 0.375 e. The third-order valence-corrected chi connectivity index (χ3v) is 2.74. The van der Waals surface area contributed by atoms with Crippen molar-refractivity contribution in [1.29, 1.82) is 5.26 Å². The number of thiocarbonyl (C=S) groups is 1. The van der Waals surface area contributed by atoms with Gasteiger partial charge in [0, 0.05) is 0 Å². The molecule has 0 unspecified atom stereocenters. The van der Waals surface area contributed by atoms with E-state index in [9.17, 15) is 0 Å². The van der Waals surface area contributed by atoms with E-state index in [0.29, 0.717) is 5.56 Å². The molecule has 0 amide bonds. The van der Waals surface area contributed by atoms with E-state index in [4.69, 9.17) is 11.0 Å². The molecule has 4 nitrogen and oxygen atoms in total. The average Bonchev–Trinajstić information content (AvgIpc) is 2.48. The summed E-state index contributed by atoms with van der Waals surface area (Å²) in [5.74, 6) is 0. The van der Waals surface area contributed by atoms with Crippen LogP contribution in [0, 0.1) is 11.3 Å². The SMILES string of the molecule is N#Cc1ccc(-c2ccc(C=NNC(N)=S)cc2)cc1. The molecule has 2 rings (SSSR count). The molecular formula is C15H12N4S. The Hall–Kier alpha value is -2.71. The minimum Gasteiger partial charge on any atom is -0.375 e. The van der Waals surface area contributed by atoms with Crippen molar-refractivity contribution in [2.45, 2.75) is 0 Å². The van der Waals surface area contributed by atoms with Crippen LogP contribution in [0.2, 0.25) is 0 Å². The van der Waals surface area contributed by atoms with Gasteiger partial charge < -0.3 is 5.73 Å². The van der Waals surface area contributed by atoms with Crippen LogP contribution in [-0.4, -0.2) is 11.3 Å². The first-order valence-electron chi connectivity index (χ1n) is 5.88. The zero-order chi connectivity index (χ0) is 14.4. The van der Waals surface area contributed by atoms with Gasteiger partial charge in [0.2, 0.25) is 0 Å². The number of nitrogens with two attached hydrogens (primary N) is 1. The second-order valence-corrected chi connectivity index (χ2v) is 4.49. The number of benzene rings is 2. The smallest absolute Gasteiger partial charge is 0.184 e. The molecule has 98 valence electrons. The number of nitrogens with one attached hydrogen (secondary N) is 1. The van der Waals surface area contributed by atoms with Crippen molar-refractivity contribution in [3.8, 4) is 17.2 Å². The summed E-state index contributed by atoms with van der Waals surface area (Å²) in [5.41, 5.74) is 11.5. The second kappa shape index (κ2) is 6.45. The molecule has 0 atom stereocenters. The Morgan fingerprint density at radius 1 is 1.10 bits per heavy atom. The van der Waals surface area contributed by atoms with Crippen LogP contribution < -0.4 is 11.2 Å². The van der Waals surface area contributed by atoms with E-state index in [-0.39, 0.29) is 5.11 Å². The van der Waals surface area contributed by atoms with Crippen LogP contribution in [0.5, 0.6) is 0 Å². The Morgan fingerprint density at radius 2 is 1.65 bits per heavy atom. The van der Waals surface area contributed by atoms with Crippen molar-refractivity contribution in [2.75, 3.05) is 0 Å². The van der Waals surface area contributed by atoms with E-state index in [1.54, 1.807) is 18.3 Å². The lowest BCUT2D eigenvalue weighted by molar-refractivity contribution is 1.04. The third-order valence-electron chi connectivity index (χ3n) is 2.65. The molecule has 0 saturated carbocycles. The summed E-state index contributed by atoms with van der Waals surface area (Å²) in [7, 11) is 0. The highest BCUT2D eigenvalue weighted by Gasteiger charge is 1.98. The van der Waals surface area contributed by atoms with Gasteiger partial charge in [-0.15, -0.1) is 0 Å². The molecule has 0 heterocycles. The lowest BCUT2D eigenvalue weighted by atomic mass is 10.0. The molecule has 0 aliphatic heterocycles. The number of hydrazone groups is 1. The first-order chi connectivity index (χ1) is 9.69. The Kier molecular flexibility index (Phi) is 4.43. The summed E-state index contributed by atoms with van der Waals surface area (Å²) < 4.78 is 0. The molecule has 3 N–H and O–H groups in total. The predicted molar refractivity (Wildman–Crippen MR) is 84.1 cm³/mol. The first-order valence-corrected chi connectivity index (χ1v) is 6.29. The quantitative estimate of drug-likeness (QED) is 0.514. The molecule has 0 radical (unpaired) electrons. The average molecular weight is 280 g/mol. The van der Waals surface area contributed by atoms with Crippen molar-refractivity contribution in [2.24, 2.45) is 10.8 Å². The molecule has 0 aliphatic carbocycles. The highest BCUT2D eigenvalue weighted by atomic mass is 32.1. The van der Waals surface area contributed by atoms with Crippen LogP contribution in [-0.2, 0) is 0 Å². The fraction of sp³-hybridized carbons (Fsp3) is 0. The summed E-state index contributed by atoms with van der Waals surface area (Å²) >= 11 is 4.65. The molecule has 20 heavy (non-hydrogen) atoms. The van der Waals surface area contributed by atoms with E-state index in [1.165, 1.54) is 0 Å². The number of nitrogens with zero attached hydrogens (tertiary/aromatic N) is 2. The summed E-state index contributed by atoms with van der Waals surface area (Å²) in [6.45, 7) is 0. The van der Waals surface area contributed by atoms with Gasteiger partial charge in [0.05, 0.1) is 17.8 Å². The number of hydrogen-bond donors (Lipinski definition) is 2. The molecule has 5 heteroatoms. The van der Waals surface area contributed by atoms with Crippen LogP contribution >= 0.6 is 12.2 Å². The molecule has 2 aromatic rings. The van der Waals surface area contributed by atoms with Gasteiger partial charge in [-0.3, -0.25) is 5.43 Å². The number of nitriles is 1. The Morgan fingerprint density at radius 3 is 2.15 bits per heavy atom. The Balaban J connectivity index is 2.13. The van der Waals surface area contributed by atoms with Gasteiger partial charge in [-0.1, -0.05) is 36.4 Å². The van der Waals surface area contributed by atoms with Crippen LogP contribution in [0.3, 0.4) is 0 Å². The highest BCUT2D eigenvalue weighted by molar-refractivity contribution is 7.80. The Labute approximate surface area is 122 Å². The van der Waals surface area contributed by atoms with Gasteiger partial charge >= 0.3 is 0 Å². The first kappa shape index (κ1) is 13.7. The second-order valence-electron chi connectivity index (χ2n) is 4.05. The van der Waals surface area contributed by atoms with E-state index >= 15 is 0 Å². The maximum absolute atomic E-state index is 8.77. The summed E-state index contributed by atoms with van der Waals surface area (Å²) in [6, 6.07) is 17.4. The summed E-state index contributed by atoms with van der Waals surface area (Å²) in [5, 5.41) is 12.8. The van der Waals surface area contributed by atoms with Crippen LogP contribution in [0.25, 0.3) is 11.1 Å². The molecule has 0 aromatic heterocycles. The van der Waals surface area contributed by atoms with E-state index in [0.717, 1.165) is 16.7 Å². The number of hydrogen-bond acceptors (Lipinski definition) is 3. The monoisotopic (exact) mass is 280 g/mol. The van der Waals surface area contributed by atoms with Crippen molar-refractivity contribution in [3.05, 3.63) is 59.7 Å². The molecule has 0 aliphatic rings. The molecule has 0 fully saturated rings. The van der Waals surface area contributed by atoms with Crippen LogP contribution in [0.4, 0.5) is 0 Å². The van der Waals surface area contributed by atoms with Gasteiger partial charge in [0.15, 0.2) is 5.11 Å². The maximum atomic E-state index is 8.77. The minimum atomic E-state index is 0.135. The third kappa shape index (κ3) is 3.64. The van der Waals surface area contributed by atoms with Crippen molar-refractivity contribution in [3.63, 3.8) is 0 Å². The highest BCUT2D eigenvalue weighted by Crippen LogP contribution is 2.19. The maximum Gasteiger partial charge on any atom is 0.184 e. The van der Waals surface area contributed by atoms with Gasteiger partial charge in [0.1, 0.15) is 0 Å².